The molecular formula is C13H13NO4. The van der Waals surface area contributed by atoms with E-state index in [2.05, 4.69) is 11.2 Å². The molecule has 1 aromatic rings. The zero-order valence-electron chi connectivity index (χ0n) is 9.68. The van der Waals surface area contributed by atoms with Gasteiger partial charge in [0.25, 0.3) is 5.91 Å². The van der Waals surface area contributed by atoms with E-state index < -0.39 is 11.9 Å². The van der Waals surface area contributed by atoms with Gasteiger partial charge in [-0.1, -0.05) is 18.1 Å². The molecule has 0 heterocycles. The molecule has 0 aliphatic heterocycles. The van der Waals surface area contributed by atoms with Crippen molar-refractivity contribution < 1.29 is 19.4 Å². The van der Waals surface area contributed by atoms with Gasteiger partial charge in [0, 0.05) is 0 Å². The Morgan fingerprint density at radius 1 is 1.33 bits per heavy atom. The maximum absolute atomic E-state index is 11.4. The summed E-state index contributed by atoms with van der Waals surface area (Å²) in [6, 6.07) is 6.16. The summed E-state index contributed by atoms with van der Waals surface area (Å²) in [5.41, 5.74) is 0.696. The van der Waals surface area contributed by atoms with Crippen LogP contribution in [0.1, 0.15) is 5.56 Å². The number of phenolic OH excluding ortho intramolecular Hbond substituents is 1. The number of ether oxygens (including phenoxy) is 1. The molecule has 2 N–H and O–H groups in total. The minimum Gasteiger partial charge on any atom is -0.508 e. The minimum absolute atomic E-state index is 0.0443. The van der Waals surface area contributed by atoms with E-state index >= 15 is 0 Å². The first-order chi connectivity index (χ1) is 8.61. The maximum Gasteiger partial charge on any atom is 0.310 e. The quantitative estimate of drug-likeness (QED) is 0.577. The van der Waals surface area contributed by atoms with Gasteiger partial charge < -0.3 is 15.2 Å². The SMILES string of the molecule is C#CCNC(=O)COC(=O)Cc1ccc(O)cc1. The van der Waals surface area contributed by atoms with E-state index in [1.165, 1.54) is 12.1 Å². The normalized spacial score (nSPS) is 9.28. The molecule has 18 heavy (non-hydrogen) atoms. The number of carbonyl (C=O) groups is 2. The van der Waals surface area contributed by atoms with E-state index in [9.17, 15) is 9.59 Å². The lowest BCUT2D eigenvalue weighted by molar-refractivity contribution is -0.147. The van der Waals surface area contributed by atoms with Gasteiger partial charge in [0.2, 0.25) is 0 Å². The van der Waals surface area contributed by atoms with Crippen molar-refractivity contribution in [2.45, 2.75) is 6.42 Å². The second-order valence-corrected chi connectivity index (χ2v) is 3.48. The highest BCUT2D eigenvalue weighted by molar-refractivity contribution is 5.81. The van der Waals surface area contributed by atoms with E-state index in [0.29, 0.717) is 5.56 Å². The van der Waals surface area contributed by atoms with Crippen molar-refractivity contribution in [1.29, 1.82) is 0 Å². The summed E-state index contributed by atoms with van der Waals surface area (Å²) in [6.45, 7) is -0.243. The van der Waals surface area contributed by atoms with Crippen molar-refractivity contribution in [3.8, 4) is 18.1 Å². The molecule has 0 unspecified atom stereocenters. The van der Waals surface area contributed by atoms with E-state index in [-0.39, 0.29) is 25.3 Å². The second kappa shape index (κ2) is 6.97. The Bertz CT molecular complexity index is 459. The number of esters is 1. The third-order valence-electron chi connectivity index (χ3n) is 2.04. The molecule has 0 radical (unpaired) electrons. The monoisotopic (exact) mass is 247 g/mol. The van der Waals surface area contributed by atoms with Crippen LogP contribution >= 0.6 is 0 Å². The topological polar surface area (TPSA) is 75.6 Å². The Kier molecular flexibility index (Phi) is 5.26. The lowest BCUT2D eigenvalue weighted by Gasteiger charge is -2.04. The zero-order valence-corrected chi connectivity index (χ0v) is 9.68. The first kappa shape index (κ1) is 13.6. The first-order valence-electron chi connectivity index (χ1n) is 5.25. The summed E-state index contributed by atoms with van der Waals surface area (Å²) < 4.78 is 4.75. The number of hydrogen-bond donors (Lipinski definition) is 2. The number of carbonyl (C=O) groups excluding carboxylic acids is 2. The molecular weight excluding hydrogens is 234 g/mol. The average molecular weight is 247 g/mol. The Balaban J connectivity index is 2.32. The van der Waals surface area contributed by atoms with Crippen LogP contribution in [-0.2, 0) is 20.7 Å². The van der Waals surface area contributed by atoms with Crippen molar-refractivity contribution in [3.63, 3.8) is 0 Å². The highest BCUT2D eigenvalue weighted by atomic mass is 16.5. The molecule has 1 aromatic carbocycles. The fourth-order valence-corrected chi connectivity index (χ4v) is 1.18. The van der Waals surface area contributed by atoms with E-state index in [0.717, 1.165) is 0 Å². The van der Waals surface area contributed by atoms with Crippen molar-refractivity contribution in [2.24, 2.45) is 0 Å². The number of nitrogens with one attached hydrogen (secondary N) is 1. The zero-order chi connectivity index (χ0) is 13.4. The average Bonchev–Trinajstić information content (AvgIpc) is 2.36. The standard InChI is InChI=1S/C13H13NO4/c1-2-7-14-12(16)9-18-13(17)8-10-3-5-11(15)6-4-10/h1,3-6,15H,7-9H2,(H,14,16). The first-order valence-corrected chi connectivity index (χ1v) is 5.25. The molecule has 94 valence electrons. The molecule has 0 saturated heterocycles. The smallest absolute Gasteiger partial charge is 0.310 e. The molecule has 0 aliphatic carbocycles. The molecule has 0 aliphatic rings. The third kappa shape index (κ3) is 5.03. The molecule has 0 fully saturated rings. The lowest BCUT2D eigenvalue weighted by atomic mass is 10.1. The Morgan fingerprint density at radius 2 is 2.00 bits per heavy atom. The molecule has 0 bridgehead atoms. The van der Waals surface area contributed by atoms with Gasteiger partial charge in [-0.25, -0.2) is 0 Å². The van der Waals surface area contributed by atoms with Crippen LogP contribution in [0.25, 0.3) is 0 Å². The van der Waals surface area contributed by atoms with Crippen molar-refractivity contribution in [3.05, 3.63) is 29.8 Å². The van der Waals surface area contributed by atoms with Crippen LogP contribution in [0.2, 0.25) is 0 Å². The van der Waals surface area contributed by atoms with Gasteiger partial charge in [0.15, 0.2) is 6.61 Å². The molecule has 1 rings (SSSR count). The number of hydrogen-bond acceptors (Lipinski definition) is 4. The Morgan fingerprint density at radius 3 is 2.61 bits per heavy atom. The van der Waals surface area contributed by atoms with Gasteiger partial charge >= 0.3 is 5.97 Å². The highest BCUT2D eigenvalue weighted by Crippen LogP contribution is 2.10. The molecule has 1 amide bonds. The van der Waals surface area contributed by atoms with Crippen LogP contribution in [0.5, 0.6) is 5.75 Å². The molecule has 0 aromatic heterocycles. The molecule has 0 saturated carbocycles. The van der Waals surface area contributed by atoms with Gasteiger partial charge in [0.1, 0.15) is 5.75 Å². The van der Waals surface area contributed by atoms with Gasteiger partial charge in [-0.2, -0.15) is 0 Å². The van der Waals surface area contributed by atoms with Gasteiger partial charge in [0.05, 0.1) is 13.0 Å². The van der Waals surface area contributed by atoms with Crippen LogP contribution in [-0.4, -0.2) is 30.1 Å². The van der Waals surface area contributed by atoms with E-state index in [1.807, 2.05) is 0 Å². The van der Waals surface area contributed by atoms with Gasteiger partial charge in [-0.15, -0.1) is 6.42 Å². The third-order valence-corrected chi connectivity index (χ3v) is 2.04. The van der Waals surface area contributed by atoms with Crippen LogP contribution < -0.4 is 5.32 Å². The van der Waals surface area contributed by atoms with Crippen molar-refractivity contribution in [2.75, 3.05) is 13.2 Å². The fraction of sp³-hybridized carbons (Fsp3) is 0.231. The van der Waals surface area contributed by atoms with Crippen molar-refractivity contribution in [1.82, 2.24) is 5.32 Å². The second-order valence-electron chi connectivity index (χ2n) is 3.48. The van der Waals surface area contributed by atoms with E-state index in [1.54, 1.807) is 12.1 Å². The maximum atomic E-state index is 11.4. The predicted octanol–water partition coefficient (Wildman–Crippen LogP) is 0.227. The molecule has 5 nitrogen and oxygen atoms in total. The summed E-state index contributed by atoms with van der Waals surface area (Å²) in [5, 5.41) is 11.4. The van der Waals surface area contributed by atoms with Gasteiger partial charge in [-0.3, -0.25) is 9.59 Å². The molecule has 0 atom stereocenters. The summed E-state index contributed by atoms with van der Waals surface area (Å²) in [7, 11) is 0. The Labute approximate surface area is 105 Å². The predicted molar refractivity (Wildman–Crippen MR) is 64.6 cm³/mol. The molecule has 0 spiro atoms. The highest BCUT2D eigenvalue weighted by Gasteiger charge is 2.07. The number of amides is 1. The van der Waals surface area contributed by atoms with Gasteiger partial charge in [-0.05, 0) is 17.7 Å². The summed E-state index contributed by atoms with van der Waals surface area (Å²) in [4.78, 5) is 22.5. The molecule has 5 heteroatoms. The van der Waals surface area contributed by atoms with Crippen LogP contribution in [0.3, 0.4) is 0 Å². The lowest BCUT2D eigenvalue weighted by Crippen LogP contribution is -2.29. The van der Waals surface area contributed by atoms with Crippen LogP contribution in [0.4, 0.5) is 0 Å². The number of rotatable bonds is 5. The largest absolute Gasteiger partial charge is 0.508 e. The van der Waals surface area contributed by atoms with E-state index in [4.69, 9.17) is 16.3 Å². The number of aromatic hydroxyl groups is 1. The van der Waals surface area contributed by atoms with Crippen molar-refractivity contribution >= 4 is 11.9 Å². The Hall–Kier alpha value is -2.48. The fourth-order valence-electron chi connectivity index (χ4n) is 1.18. The van der Waals surface area contributed by atoms with Crippen LogP contribution in [0, 0.1) is 12.3 Å². The summed E-state index contributed by atoms with van der Waals surface area (Å²) in [5.74, 6) is 1.41. The summed E-state index contributed by atoms with van der Waals surface area (Å²) in [6.07, 6.45) is 5.00. The summed E-state index contributed by atoms with van der Waals surface area (Å²) >= 11 is 0. The minimum atomic E-state index is -0.517. The van der Waals surface area contributed by atoms with Crippen LogP contribution in [0.15, 0.2) is 24.3 Å². The number of benzene rings is 1. The number of phenols is 1. The number of terminal acetylenes is 1.